The molecule has 1 atom stereocenters. The standard InChI is InChI=1S/C17H17FO3/c1-2-15(19)14-5-3-4-6-17(14)21-11-16(20)12-7-9-13(18)10-8-12/h3-10,16,20H,2,11H2,1H3. The van der Waals surface area contributed by atoms with E-state index in [2.05, 4.69) is 0 Å². The minimum Gasteiger partial charge on any atom is -0.490 e. The first kappa shape index (κ1) is 15.2. The molecule has 0 amide bonds. The van der Waals surface area contributed by atoms with Crippen molar-refractivity contribution < 1.29 is 19.0 Å². The number of ether oxygens (including phenoxy) is 1. The molecule has 21 heavy (non-hydrogen) atoms. The van der Waals surface area contributed by atoms with Gasteiger partial charge in [-0.15, -0.1) is 0 Å². The summed E-state index contributed by atoms with van der Waals surface area (Å²) in [6, 6.07) is 12.5. The molecule has 0 saturated heterocycles. The molecule has 3 nitrogen and oxygen atoms in total. The molecule has 0 heterocycles. The average Bonchev–Trinajstić information content (AvgIpc) is 2.52. The van der Waals surface area contributed by atoms with Crippen LogP contribution in [0.1, 0.15) is 35.4 Å². The van der Waals surface area contributed by atoms with E-state index in [1.165, 1.54) is 24.3 Å². The summed E-state index contributed by atoms with van der Waals surface area (Å²) in [6.07, 6.45) is -0.490. The van der Waals surface area contributed by atoms with Crippen molar-refractivity contribution in [2.24, 2.45) is 0 Å². The van der Waals surface area contributed by atoms with Gasteiger partial charge in [0.15, 0.2) is 5.78 Å². The van der Waals surface area contributed by atoms with Crippen molar-refractivity contribution in [3.05, 3.63) is 65.5 Å². The van der Waals surface area contributed by atoms with E-state index < -0.39 is 6.10 Å². The van der Waals surface area contributed by atoms with Crippen molar-refractivity contribution in [2.75, 3.05) is 6.61 Å². The second-order valence-electron chi connectivity index (χ2n) is 4.65. The van der Waals surface area contributed by atoms with E-state index >= 15 is 0 Å². The first-order valence-corrected chi connectivity index (χ1v) is 6.80. The number of carbonyl (C=O) groups is 1. The Morgan fingerprint density at radius 2 is 1.86 bits per heavy atom. The molecule has 4 heteroatoms. The number of rotatable bonds is 6. The van der Waals surface area contributed by atoms with E-state index in [1.54, 1.807) is 31.2 Å². The van der Waals surface area contributed by atoms with Crippen LogP contribution < -0.4 is 4.74 Å². The van der Waals surface area contributed by atoms with Gasteiger partial charge in [-0.05, 0) is 29.8 Å². The van der Waals surface area contributed by atoms with Gasteiger partial charge in [-0.1, -0.05) is 31.2 Å². The van der Waals surface area contributed by atoms with Gasteiger partial charge in [0.2, 0.25) is 0 Å². The first-order valence-electron chi connectivity index (χ1n) is 6.80. The largest absolute Gasteiger partial charge is 0.490 e. The van der Waals surface area contributed by atoms with E-state index in [0.717, 1.165) is 0 Å². The molecule has 2 aromatic carbocycles. The Hall–Kier alpha value is -2.20. The fraction of sp³-hybridized carbons (Fsp3) is 0.235. The van der Waals surface area contributed by atoms with Gasteiger partial charge < -0.3 is 9.84 Å². The summed E-state index contributed by atoms with van der Waals surface area (Å²) < 4.78 is 18.4. The van der Waals surface area contributed by atoms with Crippen LogP contribution in [0.3, 0.4) is 0 Å². The summed E-state index contributed by atoms with van der Waals surface area (Å²) in [5, 5.41) is 10.0. The Labute approximate surface area is 123 Å². The monoisotopic (exact) mass is 288 g/mol. The van der Waals surface area contributed by atoms with Crippen LogP contribution in [0.2, 0.25) is 0 Å². The molecule has 1 N–H and O–H groups in total. The topological polar surface area (TPSA) is 46.5 Å². The van der Waals surface area contributed by atoms with Crippen LogP contribution in [0.25, 0.3) is 0 Å². The summed E-state index contributed by atoms with van der Waals surface area (Å²) >= 11 is 0. The molecule has 0 aliphatic heterocycles. The maximum Gasteiger partial charge on any atom is 0.166 e. The van der Waals surface area contributed by atoms with Gasteiger partial charge in [-0.25, -0.2) is 4.39 Å². The third-order valence-corrected chi connectivity index (χ3v) is 3.16. The lowest BCUT2D eigenvalue weighted by Crippen LogP contribution is -2.11. The number of hydrogen-bond acceptors (Lipinski definition) is 3. The van der Waals surface area contributed by atoms with E-state index in [0.29, 0.717) is 23.3 Å². The highest BCUT2D eigenvalue weighted by Crippen LogP contribution is 2.22. The fourth-order valence-electron chi connectivity index (χ4n) is 1.96. The lowest BCUT2D eigenvalue weighted by Gasteiger charge is -2.14. The number of hydrogen-bond donors (Lipinski definition) is 1. The predicted octanol–water partition coefficient (Wildman–Crippen LogP) is 3.53. The molecule has 0 aromatic heterocycles. The normalized spacial score (nSPS) is 12.0. The van der Waals surface area contributed by atoms with Crippen molar-refractivity contribution in [2.45, 2.75) is 19.4 Å². The average molecular weight is 288 g/mol. The van der Waals surface area contributed by atoms with Crippen LogP contribution >= 0.6 is 0 Å². The van der Waals surface area contributed by atoms with Crippen LogP contribution in [0.15, 0.2) is 48.5 Å². The molecule has 1 unspecified atom stereocenters. The number of halogens is 1. The van der Waals surface area contributed by atoms with Gasteiger partial charge in [0.1, 0.15) is 24.3 Å². The molecule has 0 radical (unpaired) electrons. The zero-order chi connectivity index (χ0) is 15.2. The molecule has 2 aromatic rings. The zero-order valence-corrected chi connectivity index (χ0v) is 11.8. The van der Waals surface area contributed by atoms with Crippen molar-refractivity contribution in [3.8, 4) is 5.75 Å². The van der Waals surface area contributed by atoms with E-state index in [4.69, 9.17) is 4.74 Å². The van der Waals surface area contributed by atoms with Crippen molar-refractivity contribution in [1.82, 2.24) is 0 Å². The molecule has 0 bridgehead atoms. The van der Waals surface area contributed by atoms with Gasteiger partial charge in [-0.3, -0.25) is 4.79 Å². The molecule has 0 saturated carbocycles. The summed E-state index contributed by atoms with van der Waals surface area (Å²) in [7, 11) is 0. The first-order chi connectivity index (χ1) is 10.1. The minimum absolute atomic E-state index is 0.000357. The molecule has 2 rings (SSSR count). The number of carbonyl (C=O) groups excluding carboxylic acids is 1. The van der Waals surface area contributed by atoms with Gasteiger partial charge >= 0.3 is 0 Å². The Morgan fingerprint density at radius 3 is 2.52 bits per heavy atom. The predicted molar refractivity (Wildman–Crippen MR) is 77.9 cm³/mol. The maximum atomic E-state index is 12.8. The summed E-state index contributed by atoms with van der Waals surface area (Å²) in [5.41, 5.74) is 1.07. The second kappa shape index (κ2) is 6.99. The maximum absolute atomic E-state index is 12.8. The van der Waals surface area contributed by atoms with E-state index in [1.807, 2.05) is 0 Å². The van der Waals surface area contributed by atoms with Gasteiger partial charge in [0, 0.05) is 6.42 Å². The molecule has 110 valence electrons. The van der Waals surface area contributed by atoms with Crippen LogP contribution in [0.5, 0.6) is 5.75 Å². The van der Waals surface area contributed by atoms with Crippen molar-refractivity contribution in [1.29, 1.82) is 0 Å². The van der Waals surface area contributed by atoms with E-state index in [-0.39, 0.29) is 18.2 Å². The Kier molecular flexibility index (Phi) is 5.06. The quantitative estimate of drug-likeness (QED) is 0.827. The number of aliphatic hydroxyl groups is 1. The minimum atomic E-state index is -0.879. The molecule has 0 aliphatic carbocycles. The van der Waals surface area contributed by atoms with Crippen LogP contribution in [-0.4, -0.2) is 17.5 Å². The molecule has 0 aliphatic rings. The molecular weight excluding hydrogens is 271 g/mol. The Morgan fingerprint density at radius 1 is 1.19 bits per heavy atom. The second-order valence-corrected chi connectivity index (χ2v) is 4.65. The number of benzene rings is 2. The SMILES string of the molecule is CCC(=O)c1ccccc1OCC(O)c1ccc(F)cc1. The van der Waals surface area contributed by atoms with Crippen LogP contribution in [-0.2, 0) is 0 Å². The Bertz CT molecular complexity index is 608. The van der Waals surface area contributed by atoms with Gasteiger partial charge in [0.05, 0.1) is 5.56 Å². The third kappa shape index (κ3) is 3.89. The van der Waals surface area contributed by atoms with Crippen molar-refractivity contribution >= 4 is 5.78 Å². The van der Waals surface area contributed by atoms with E-state index in [9.17, 15) is 14.3 Å². The Balaban J connectivity index is 2.06. The molecule has 0 spiro atoms. The van der Waals surface area contributed by atoms with Crippen LogP contribution in [0, 0.1) is 5.82 Å². The number of aliphatic hydroxyl groups excluding tert-OH is 1. The van der Waals surface area contributed by atoms with Gasteiger partial charge in [0.25, 0.3) is 0 Å². The highest BCUT2D eigenvalue weighted by atomic mass is 19.1. The van der Waals surface area contributed by atoms with Crippen molar-refractivity contribution in [3.63, 3.8) is 0 Å². The number of para-hydroxylation sites is 1. The molecular formula is C17H17FO3. The zero-order valence-electron chi connectivity index (χ0n) is 11.8. The van der Waals surface area contributed by atoms with Crippen LogP contribution in [0.4, 0.5) is 4.39 Å². The lowest BCUT2D eigenvalue weighted by molar-refractivity contribution is 0.0957. The fourth-order valence-corrected chi connectivity index (χ4v) is 1.96. The molecule has 0 fully saturated rings. The van der Waals surface area contributed by atoms with Gasteiger partial charge in [-0.2, -0.15) is 0 Å². The summed E-state index contributed by atoms with van der Waals surface area (Å²) in [6.45, 7) is 1.78. The highest BCUT2D eigenvalue weighted by Gasteiger charge is 2.13. The summed E-state index contributed by atoms with van der Waals surface area (Å²) in [5.74, 6) is 0.0816. The third-order valence-electron chi connectivity index (χ3n) is 3.16. The number of Topliss-reactive ketones (excluding diaryl/α,β-unsaturated/α-hetero) is 1. The smallest absolute Gasteiger partial charge is 0.166 e. The lowest BCUT2D eigenvalue weighted by atomic mass is 10.1. The highest BCUT2D eigenvalue weighted by molar-refractivity contribution is 5.98. The number of ketones is 1. The summed E-state index contributed by atoms with van der Waals surface area (Å²) in [4.78, 5) is 11.8.